The Labute approximate surface area is 148 Å². The van der Waals surface area contributed by atoms with Crippen LogP contribution in [0.3, 0.4) is 0 Å². The number of carbonyl (C=O) groups excluding carboxylic acids is 1. The molecule has 0 rings (SSSR count). The van der Waals surface area contributed by atoms with Crippen molar-refractivity contribution in [3.05, 3.63) is 0 Å². The topological polar surface area (TPSA) is 38.3 Å². The van der Waals surface area contributed by atoms with Crippen molar-refractivity contribution in [2.75, 3.05) is 31.3 Å². The Balaban J connectivity index is 3.32. The average Bonchev–Trinajstić information content (AvgIpc) is 2.39. The number of thioether (sulfide) groups is 1. The molecule has 0 saturated carbocycles. The monoisotopic (exact) mass is 345 g/mol. The summed E-state index contributed by atoms with van der Waals surface area (Å²) in [7, 11) is 0. The van der Waals surface area contributed by atoms with Crippen LogP contribution in [0.25, 0.3) is 0 Å². The van der Waals surface area contributed by atoms with Gasteiger partial charge in [-0.05, 0) is 41.6 Å². The van der Waals surface area contributed by atoms with Crippen LogP contribution >= 0.6 is 11.8 Å². The van der Waals surface area contributed by atoms with Gasteiger partial charge in [-0.3, -0.25) is 4.79 Å². The first-order chi connectivity index (χ1) is 10.6. The molecule has 1 N–H and O–H groups in total. The van der Waals surface area contributed by atoms with Gasteiger partial charge in [0, 0.05) is 19.6 Å². The Kier molecular flexibility index (Phi) is 12.1. The minimum atomic E-state index is 0.159. The lowest BCUT2D eigenvalue weighted by atomic mass is 9.93. The van der Waals surface area contributed by atoms with Gasteiger partial charge in [0.25, 0.3) is 0 Å². The summed E-state index contributed by atoms with van der Waals surface area (Å²) < 4.78 is 5.54. The maximum atomic E-state index is 11.7. The van der Waals surface area contributed by atoms with Gasteiger partial charge in [-0.1, -0.05) is 48.0 Å². The van der Waals surface area contributed by atoms with Crippen LogP contribution in [0.2, 0.25) is 0 Å². The molecular formula is C19H39NO2S. The zero-order valence-electron chi connectivity index (χ0n) is 16.3. The fraction of sp³-hybridized carbons (Fsp3) is 0.947. The first-order valence-electron chi connectivity index (χ1n) is 9.02. The van der Waals surface area contributed by atoms with E-state index in [9.17, 15) is 4.79 Å². The molecule has 0 aromatic rings. The molecule has 0 bridgehead atoms. The van der Waals surface area contributed by atoms with Crippen LogP contribution in [0.15, 0.2) is 0 Å². The van der Waals surface area contributed by atoms with Gasteiger partial charge in [0.05, 0.1) is 6.61 Å². The first-order valence-corrected chi connectivity index (χ1v) is 10.2. The van der Waals surface area contributed by atoms with Crippen LogP contribution in [0.5, 0.6) is 0 Å². The largest absolute Gasteiger partial charge is 0.380 e. The summed E-state index contributed by atoms with van der Waals surface area (Å²) in [6.07, 6.45) is 5.05. The standard InChI is InChI=1S/C19H39NO2S/c1-18(2,3)11-13-22-14-12-20-17(21)10-8-7-9-15-23-16-19(4,5)6/h7-16H2,1-6H3,(H,20,21). The molecule has 0 aliphatic rings. The van der Waals surface area contributed by atoms with Gasteiger partial charge in [-0.25, -0.2) is 0 Å². The normalized spacial score (nSPS) is 12.4. The maximum absolute atomic E-state index is 11.7. The Morgan fingerprint density at radius 1 is 0.957 bits per heavy atom. The Bertz CT molecular complexity index is 305. The molecule has 3 nitrogen and oxygen atoms in total. The molecule has 23 heavy (non-hydrogen) atoms. The van der Waals surface area contributed by atoms with E-state index in [1.54, 1.807) is 0 Å². The van der Waals surface area contributed by atoms with Crippen molar-refractivity contribution < 1.29 is 9.53 Å². The van der Waals surface area contributed by atoms with E-state index in [0.717, 1.165) is 25.9 Å². The van der Waals surface area contributed by atoms with Gasteiger partial charge in [0.15, 0.2) is 0 Å². The molecule has 4 heteroatoms. The number of hydrogen-bond acceptors (Lipinski definition) is 3. The van der Waals surface area contributed by atoms with Crippen LogP contribution < -0.4 is 5.32 Å². The molecule has 0 saturated heterocycles. The summed E-state index contributed by atoms with van der Waals surface area (Å²) in [6, 6.07) is 0. The van der Waals surface area contributed by atoms with Crippen molar-refractivity contribution in [3.63, 3.8) is 0 Å². The van der Waals surface area contributed by atoms with Gasteiger partial charge in [0.1, 0.15) is 0 Å². The molecule has 0 heterocycles. The molecule has 0 unspecified atom stereocenters. The Morgan fingerprint density at radius 2 is 1.65 bits per heavy atom. The number of amides is 1. The van der Waals surface area contributed by atoms with Gasteiger partial charge >= 0.3 is 0 Å². The number of rotatable bonds is 12. The predicted molar refractivity (Wildman–Crippen MR) is 103 cm³/mol. The van der Waals surface area contributed by atoms with Crippen LogP contribution in [0.4, 0.5) is 0 Å². The second-order valence-electron chi connectivity index (χ2n) is 8.70. The number of unbranched alkanes of at least 4 members (excludes halogenated alkanes) is 2. The summed E-state index contributed by atoms with van der Waals surface area (Å²) >= 11 is 2.02. The summed E-state index contributed by atoms with van der Waals surface area (Å²) in [5.74, 6) is 2.58. The SMILES string of the molecule is CC(C)(C)CCOCCNC(=O)CCCCCSCC(C)(C)C. The fourth-order valence-corrected chi connectivity index (χ4v) is 3.04. The highest BCUT2D eigenvalue weighted by Gasteiger charge is 2.10. The van der Waals surface area contributed by atoms with Crippen LogP contribution in [-0.2, 0) is 9.53 Å². The molecular weight excluding hydrogens is 306 g/mol. The van der Waals surface area contributed by atoms with Crippen molar-refractivity contribution >= 4 is 17.7 Å². The van der Waals surface area contributed by atoms with Crippen molar-refractivity contribution in [1.29, 1.82) is 0 Å². The highest BCUT2D eigenvalue weighted by molar-refractivity contribution is 7.99. The summed E-state index contributed by atoms with van der Waals surface area (Å²) in [4.78, 5) is 11.7. The molecule has 138 valence electrons. The minimum absolute atomic E-state index is 0.159. The fourth-order valence-electron chi connectivity index (χ4n) is 1.88. The lowest BCUT2D eigenvalue weighted by molar-refractivity contribution is -0.121. The van der Waals surface area contributed by atoms with E-state index >= 15 is 0 Å². The van der Waals surface area contributed by atoms with Crippen LogP contribution in [0.1, 0.15) is 73.6 Å². The van der Waals surface area contributed by atoms with Crippen molar-refractivity contribution in [2.24, 2.45) is 10.8 Å². The second kappa shape index (κ2) is 12.2. The van der Waals surface area contributed by atoms with E-state index < -0.39 is 0 Å². The molecule has 1 amide bonds. The number of ether oxygens (including phenoxy) is 1. The molecule has 0 aromatic heterocycles. The van der Waals surface area contributed by atoms with Gasteiger partial charge in [0.2, 0.25) is 5.91 Å². The third-order valence-corrected chi connectivity index (χ3v) is 4.94. The van der Waals surface area contributed by atoms with E-state index in [2.05, 4.69) is 46.9 Å². The first kappa shape index (κ1) is 22.8. The third kappa shape index (κ3) is 19.7. The Morgan fingerprint density at radius 3 is 2.26 bits per heavy atom. The number of carbonyl (C=O) groups is 1. The van der Waals surface area contributed by atoms with Crippen LogP contribution in [0, 0.1) is 10.8 Å². The molecule has 0 radical (unpaired) electrons. The molecule has 0 spiro atoms. The molecule has 0 atom stereocenters. The predicted octanol–water partition coefficient (Wildman–Crippen LogP) is 4.90. The molecule has 0 aromatic carbocycles. The maximum Gasteiger partial charge on any atom is 0.220 e. The quantitative estimate of drug-likeness (QED) is 0.512. The number of nitrogens with one attached hydrogen (secondary N) is 1. The van der Waals surface area contributed by atoms with Crippen molar-refractivity contribution in [3.8, 4) is 0 Å². The lowest BCUT2D eigenvalue weighted by Crippen LogP contribution is -2.27. The minimum Gasteiger partial charge on any atom is -0.380 e. The summed E-state index contributed by atoms with van der Waals surface area (Å²) in [6.45, 7) is 15.5. The average molecular weight is 346 g/mol. The van der Waals surface area contributed by atoms with E-state index in [0.29, 0.717) is 30.4 Å². The van der Waals surface area contributed by atoms with Crippen molar-refractivity contribution in [1.82, 2.24) is 5.32 Å². The van der Waals surface area contributed by atoms with Crippen LogP contribution in [-0.4, -0.2) is 37.2 Å². The van der Waals surface area contributed by atoms with Gasteiger partial charge in [-0.2, -0.15) is 11.8 Å². The zero-order valence-corrected chi connectivity index (χ0v) is 17.1. The van der Waals surface area contributed by atoms with E-state index in [4.69, 9.17) is 4.74 Å². The van der Waals surface area contributed by atoms with Gasteiger partial charge < -0.3 is 10.1 Å². The second-order valence-corrected chi connectivity index (χ2v) is 9.80. The highest BCUT2D eigenvalue weighted by atomic mass is 32.2. The van der Waals surface area contributed by atoms with E-state index in [1.807, 2.05) is 11.8 Å². The summed E-state index contributed by atoms with van der Waals surface area (Å²) in [5, 5.41) is 2.93. The van der Waals surface area contributed by atoms with Crippen molar-refractivity contribution in [2.45, 2.75) is 73.6 Å². The smallest absolute Gasteiger partial charge is 0.220 e. The number of hydrogen-bond donors (Lipinski definition) is 1. The van der Waals surface area contributed by atoms with E-state index in [-0.39, 0.29) is 5.91 Å². The highest BCUT2D eigenvalue weighted by Crippen LogP contribution is 2.21. The lowest BCUT2D eigenvalue weighted by Gasteiger charge is -2.17. The molecule has 0 aliphatic heterocycles. The third-order valence-electron chi connectivity index (χ3n) is 3.29. The van der Waals surface area contributed by atoms with E-state index in [1.165, 1.54) is 17.9 Å². The Hall–Kier alpha value is -0.220. The molecule has 0 fully saturated rings. The molecule has 0 aliphatic carbocycles. The van der Waals surface area contributed by atoms with Gasteiger partial charge in [-0.15, -0.1) is 0 Å². The summed E-state index contributed by atoms with van der Waals surface area (Å²) in [5.41, 5.74) is 0.730. The zero-order chi connectivity index (χ0) is 17.8.